The summed E-state index contributed by atoms with van der Waals surface area (Å²) in [5.41, 5.74) is 1.43. The molecule has 0 aliphatic carbocycles. The monoisotopic (exact) mass is 342 g/mol. The highest BCUT2D eigenvalue weighted by Gasteiger charge is 2.44. The molecule has 126 valence electrons. The number of rotatable bonds is 3. The summed E-state index contributed by atoms with van der Waals surface area (Å²) in [6.45, 7) is 0.610. The Kier molecular flexibility index (Phi) is 4.16. The molecule has 23 heavy (non-hydrogen) atoms. The molecule has 1 saturated heterocycles. The number of nitrogens with zero attached hydrogens (tertiary/aromatic N) is 2. The number of ether oxygens (including phenoxy) is 1. The van der Waals surface area contributed by atoms with Crippen molar-refractivity contribution in [1.82, 2.24) is 4.31 Å². The molecule has 1 aromatic carbocycles. The molecule has 1 amide bonds. The highest BCUT2D eigenvalue weighted by Crippen LogP contribution is 2.32. The number of methoxy groups -OCH3 is 1. The van der Waals surface area contributed by atoms with Gasteiger partial charge in [0.25, 0.3) is 0 Å². The maximum atomic E-state index is 13.3. The number of hydrogen-bond acceptors (Lipinski definition) is 4. The molecule has 0 aromatic heterocycles. The lowest BCUT2D eigenvalue weighted by Gasteiger charge is -2.26. The minimum atomic E-state index is -3.51. The number of anilines is 1. The van der Waals surface area contributed by atoms with Gasteiger partial charge in [0.1, 0.15) is 11.9 Å². The highest BCUT2D eigenvalue weighted by molar-refractivity contribution is 7.88. The third kappa shape index (κ3) is 2.98. The standard InChI is InChI=1S/C15H19FN2O4S/c1-22-12-8-14(18(9-12)23(2,20)21)15(19)17-6-5-10-7-11(16)3-4-13(10)17/h3-4,7,12,14H,5-6,8-9H2,1-2H3/t12-,14+/m0/s1. The molecule has 0 unspecified atom stereocenters. The topological polar surface area (TPSA) is 66.9 Å². The van der Waals surface area contributed by atoms with E-state index in [1.807, 2.05) is 0 Å². The van der Waals surface area contributed by atoms with Gasteiger partial charge >= 0.3 is 0 Å². The zero-order valence-electron chi connectivity index (χ0n) is 13.0. The number of amides is 1. The van der Waals surface area contributed by atoms with Crippen molar-refractivity contribution in [3.63, 3.8) is 0 Å². The predicted octanol–water partition coefficient (Wildman–Crippen LogP) is 0.764. The fourth-order valence-corrected chi connectivity index (χ4v) is 4.39. The average Bonchev–Trinajstić information content (AvgIpc) is 3.09. The van der Waals surface area contributed by atoms with Crippen molar-refractivity contribution < 1.29 is 22.3 Å². The van der Waals surface area contributed by atoms with Crippen molar-refractivity contribution in [1.29, 1.82) is 0 Å². The molecule has 2 aliphatic rings. The van der Waals surface area contributed by atoms with Crippen LogP contribution in [0.25, 0.3) is 0 Å². The van der Waals surface area contributed by atoms with E-state index in [2.05, 4.69) is 0 Å². The zero-order chi connectivity index (χ0) is 16.8. The van der Waals surface area contributed by atoms with Gasteiger partial charge in [0.15, 0.2) is 0 Å². The molecule has 1 fully saturated rings. The third-order valence-corrected chi connectivity index (χ3v) is 5.72. The molecule has 6 nitrogen and oxygen atoms in total. The number of sulfonamides is 1. The molecule has 0 bridgehead atoms. The molecular weight excluding hydrogens is 323 g/mol. The Morgan fingerprint density at radius 3 is 2.78 bits per heavy atom. The number of carbonyl (C=O) groups is 1. The molecule has 8 heteroatoms. The SMILES string of the molecule is CO[C@H]1C[C@H](C(=O)N2CCc3cc(F)ccc32)N(S(C)(=O)=O)C1. The molecule has 0 saturated carbocycles. The quantitative estimate of drug-likeness (QED) is 0.814. The van der Waals surface area contributed by atoms with Crippen molar-refractivity contribution in [2.24, 2.45) is 0 Å². The number of halogens is 1. The lowest BCUT2D eigenvalue weighted by Crippen LogP contribution is -2.47. The van der Waals surface area contributed by atoms with Gasteiger partial charge in [-0.3, -0.25) is 4.79 Å². The second kappa shape index (κ2) is 5.85. The maximum Gasteiger partial charge on any atom is 0.245 e. The van der Waals surface area contributed by atoms with E-state index in [0.29, 0.717) is 25.1 Å². The molecule has 2 atom stereocenters. The zero-order valence-corrected chi connectivity index (χ0v) is 13.8. The normalized spacial score (nSPS) is 24.9. The van der Waals surface area contributed by atoms with E-state index in [1.54, 1.807) is 11.0 Å². The van der Waals surface area contributed by atoms with E-state index in [1.165, 1.54) is 23.5 Å². The molecular formula is C15H19FN2O4S. The Hall–Kier alpha value is -1.51. The van der Waals surface area contributed by atoms with Crippen molar-refractivity contribution in [2.45, 2.75) is 25.0 Å². The number of carbonyl (C=O) groups excluding carboxylic acids is 1. The number of hydrogen-bond donors (Lipinski definition) is 0. The lowest BCUT2D eigenvalue weighted by atomic mass is 10.1. The maximum absolute atomic E-state index is 13.3. The molecule has 0 spiro atoms. The van der Waals surface area contributed by atoms with Gasteiger partial charge in [0.05, 0.1) is 12.4 Å². The fourth-order valence-electron chi connectivity index (χ4n) is 3.31. The first-order valence-corrected chi connectivity index (χ1v) is 9.25. The first-order valence-electron chi connectivity index (χ1n) is 7.40. The second-order valence-electron chi connectivity index (χ2n) is 5.95. The van der Waals surface area contributed by atoms with Gasteiger partial charge in [0, 0.05) is 32.3 Å². The lowest BCUT2D eigenvalue weighted by molar-refractivity contribution is -0.121. The first kappa shape index (κ1) is 16.4. The molecule has 2 heterocycles. The Bertz CT molecular complexity index is 737. The van der Waals surface area contributed by atoms with Crippen LogP contribution in [0.1, 0.15) is 12.0 Å². The Morgan fingerprint density at radius 2 is 2.13 bits per heavy atom. The van der Waals surface area contributed by atoms with Crippen molar-refractivity contribution in [3.05, 3.63) is 29.6 Å². The van der Waals surface area contributed by atoms with Crippen LogP contribution >= 0.6 is 0 Å². The molecule has 1 aromatic rings. The van der Waals surface area contributed by atoms with E-state index >= 15 is 0 Å². The summed E-state index contributed by atoms with van der Waals surface area (Å²) in [5, 5.41) is 0. The van der Waals surface area contributed by atoms with Crippen LogP contribution in [-0.2, 0) is 26.0 Å². The molecule has 0 N–H and O–H groups in total. The van der Waals surface area contributed by atoms with Gasteiger partial charge in [0.2, 0.25) is 15.9 Å². The van der Waals surface area contributed by atoms with Crippen LogP contribution in [0.2, 0.25) is 0 Å². The van der Waals surface area contributed by atoms with Crippen LogP contribution in [0, 0.1) is 5.82 Å². The van der Waals surface area contributed by atoms with E-state index in [4.69, 9.17) is 4.74 Å². The molecule has 2 aliphatic heterocycles. The fraction of sp³-hybridized carbons (Fsp3) is 0.533. The van der Waals surface area contributed by atoms with Crippen molar-refractivity contribution in [3.8, 4) is 0 Å². The summed E-state index contributed by atoms with van der Waals surface area (Å²) in [5.74, 6) is -0.614. The van der Waals surface area contributed by atoms with Crippen LogP contribution in [0.5, 0.6) is 0 Å². The highest BCUT2D eigenvalue weighted by atomic mass is 32.2. The molecule has 0 radical (unpaired) electrons. The Labute approximate surface area is 134 Å². The summed E-state index contributed by atoms with van der Waals surface area (Å²) in [4.78, 5) is 14.4. The Morgan fingerprint density at radius 1 is 1.39 bits per heavy atom. The summed E-state index contributed by atoms with van der Waals surface area (Å²) >= 11 is 0. The summed E-state index contributed by atoms with van der Waals surface area (Å²) < 4.78 is 43.7. The van der Waals surface area contributed by atoms with E-state index in [-0.39, 0.29) is 24.4 Å². The van der Waals surface area contributed by atoms with Gasteiger partial charge in [-0.15, -0.1) is 0 Å². The minimum Gasteiger partial charge on any atom is -0.380 e. The van der Waals surface area contributed by atoms with Gasteiger partial charge in [-0.1, -0.05) is 0 Å². The van der Waals surface area contributed by atoms with Crippen LogP contribution < -0.4 is 4.90 Å². The van der Waals surface area contributed by atoms with Crippen LogP contribution in [0.4, 0.5) is 10.1 Å². The smallest absolute Gasteiger partial charge is 0.245 e. The minimum absolute atomic E-state index is 0.176. The Balaban J connectivity index is 1.89. The largest absolute Gasteiger partial charge is 0.380 e. The number of benzene rings is 1. The van der Waals surface area contributed by atoms with Gasteiger partial charge in [-0.2, -0.15) is 4.31 Å². The number of fused-ring (bicyclic) bond motifs is 1. The van der Waals surface area contributed by atoms with Crippen LogP contribution in [0.15, 0.2) is 18.2 Å². The van der Waals surface area contributed by atoms with E-state index < -0.39 is 16.1 Å². The third-order valence-electron chi connectivity index (χ3n) is 4.46. The first-order chi connectivity index (χ1) is 10.8. The van der Waals surface area contributed by atoms with Gasteiger partial charge < -0.3 is 9.64 Å². The predicted molar refractivity (Wildman–Crippen MR) is 83.2 cm³/mol. The van der Waals surface area contributed by atoms with E-state index in [0.717, 1.165) is 11.8 Å². The van der Waals surface area contributed by atoms with Crippen molar-refractivity contribution in [2.75, 3.05) is 31.4 Å². The van der Waals surface area contributed by atoms with Crippen LogP contribution in [-0.4, -0.2) is 57.2 Å². The molecule has 3 rings (SSSR count). The van der Waals surface area contributed by atoms with Gasteiger partial charge in [-0.25, -0.2) is 12.8 Å². The summed E-state index contributed by atoms with van der Waals surface area (Å²) in [6.07, 6.45) is 1.69. The van der Waals surface area contributed by atoms with Crippen molar-refractivity contribution >= 4 is 21.6 Å². The van der Waals surface area contributed by atoms with Crippen LogP contribution in [0.3, 0.4) is 0 Å². The second-order valence-corrected chi connectivity index (χ2v) is 7.89. The average molecular weight is 342 g/mol. The summed E-state index contributed by atoms with van der Waals surface area (Å²) in [7, 11) is -2.00. The summed E-state index contributed by atoms with van der Waals surface area (Å²) in [6, 6.07) is 3.53. The van der Waals surface area contributed by atoms with E-state index in [9.17, 15) is 17.6 Å². The van der Waals surface area contributed by atoms with Gasteiger partial charge in [-0.05, 0) is 30.2 Å².